The Morgan fingerprint density at radius 2 is 1.89 bits per heavy atom. The van der Waals surface area contributed by atoms with Gasteiger partial charge in [-0.15, -0.1) is 23.1 Å². The Labute approximate surface area is 113 Å². The van der Waals surface area contributed by atoms with Crippen LogP contribution in [-0.4, -0.2) is 11.2 Å². The Morgan fingerprint density at radius 3 is 2.44 bits per heavy atom. The summed E-state index contributed by atoms with van der Waals surface area (Å²) in [5, 5.41) is 10.5. The number of non-ortho nitro benzene ring substituents is 1. The molecule has 0 aliphatic rings. The molecule has 0 aliphatic carbocycles. The highest BCUT2D eigenvalue weighted by Crippen LogP contribution is 2.26. The molecule has 0 unspecified atom stereocenters. The molecule has 0 fully saturated rings. The van der Waals surface area contributed by atoms with E-state index in [1.807, 2.05) is 12.2 Å². The van der Waals surface area contributed by atoms with Crippen molar-refractivity contribution in [2.45, 2.75) is 4.21 Å². The molecule has 1 aromatic carbocycles. The maximum Gasteiger partial charge on any atom is 0.269 e. The van der Waals surface area contributed by atoms with Crippen LogP contribution in [0.4, 0.5) is 5.69 Å². The second-order valence-electron chi connectivity index (χ2n) is 3.54. The minimum atomic E-state index is -0.391. The van der Waals surface area contributed by atoms with Crippen LogP contribution in [0, 0.1) is 10.1 Å². The van der Waals surface area contributed by atoms with Crippen LogP contribution in [0.25, 0.3) is 12.2 Å². The van der Waals surface area contributed by atoms with Crippen LogP contribution in [0.1, 0.15) is 10.4 Å². The van der Waals surface area contributed by atoms with Crippen LogP contribution in [0.3, 0.4) is 0 Å². The van der Waals surface area contributed by atoms with Crippen molar-refractivity contribution >= 4 is 40.9 Å². The number of nitro benzene ring substituents is 1. The summed E-state index contributed by atoms with van der Waals surface area (Å²) in [4.78, 5) is 11.3. The largest absolute Gasteiger partial charge is 0.269 e. The quantitative estimate of drug-likeness (QED) is 0.468. The van der Waals surface area contributed by atoms with Crippen LogP contribution in [-0.2, 0) is 0 Å². The number of nitrogens with zero attached hydrogens (tertiary/aromatic N) is 1. The van der Waals surface area contributed by atoms with Gasteiger partial charge in [-0.2, -0.15) is 0 Å². The zero-order valence-corrected chi connectivity index (χ0v) is 11.3. The fourth-order valence-electron chi connectivity index (χ4n) is 1.42. The molecule has 0 saturated heterocycles. The Morgan fingerprint density at radius 1 is 1.17 bits per heavy atom. The van der Waals surface area contributed by atoms with E-state index in [0.717, 1.165) is 5.56 Å². The highest BCUT2D eigenvalue weighted by molar-refractivity contribution is 8.00. The molecule has 2 aromatic rings. The summed E-state index contributed by atoms with van der Waals surface area (Å²) in [6.07, 6.45) is 6.03. The summed E-state index contributed by atoms with van der Waals surface area (Å²) >= 11 is 3.45. The Balaban J connectivity index is 2.11. The highest BCUT2D eigenvalue weighted by Gasteiger charge is 2.02. The van der Waals surface area contributed by atoms with E-state index in [-0.39, 0.29) is 5.69 Å². The van der Waals surface area contributed by atoms with E-state index in [4.69, 9.17) is 0 Å². The predicted molar refractivity (Wildman–Crippen MR) is 78.1 cm³/mol. The van der Waals surface area contributed by atoms with Gasteiger partial charge in [0.2, 0.25) is 0 Å². The molecule has 1 aromatic heterocycles. The number of nitro groups is 1. The molecule has 2 rings (SSSR count). The highest BCUT2D eigenvalue weighted by atomic mass is 32.2. The topological polar surface area (TPSA) is 43.1 Å². The van der Waals surface area contributed by atoms with Crippen LogP contribution in [0.2, 0.25) is 0 Å². The smallest absolute Gasteiger partial charge is 0.258 e. The molecule has 0 bridgehead atoms. The van der Waals surface area contributed by atoms with E-state index in [1.54, 1.807) is 35.2 Å². The number of thiophene rings is 1. The fourth-order valence-corrected chi connectivity index (χ4v) is 2.89. The second-order valence-corrected chi connectivity index (χ2v) is 5.76. The van der Waals surface area contributed by atoms with Crippen molar-refractivity contribution < 1.29 is 4.92 Å². The van der Waals surface area contributed by atoms with Gasteiger partial charge in [0.25, 0.3) is 5.69 Å². The number of thioether (sulfide) groups is 1. The summed E-state index contributed by atoms with van der Waals surface area (Å²) in [7, 11) is 0. The van der Waals surface area contributed by atoms with E-state index in [9.17, 15) is 10.1 Å². The summed E-state index contributed by atoms with van der Waals surface area (Å²) in [5.41, 5.74) is 1.08. The zero-order chi connectivity index (χ0) is 13.0. The zero-order valence-electron chi connectivity index (χ0n) is 9.70. The van der Waals surface area contributed by atoms with Gasteiger partial charge in [0.15, 0.2) is 0 Å². The fraction of sp³-hybridized carbons (Fsp3) is 0.0769. The first-order chi connectivity index (χ1) is 8.69. The van der Waals surface area contributed by atoms with E-state index < -0.39 is 4.92 Å². The SMILES string of the molecule is CSc1ccc(/C=C/c2ccc([N+](=O)[O-])cc2)s1. The van der Waals surface area contributed by atoms with Crippen molar-refractivity contribution in [1.29, 1.82) is 0 Å². The number of rotatable bonds is 4. The van der Waals surface area contributed by atoms with E-state index >= 15 is 0 Å². The van der Waals surface area contributed by atoms with Gasteiger partial charge in [-0.1, -0.05) is 6.08 Å². The maximum absolute atomic E-state index is 10.5. The normalized spacial score (nSPS) is 10.9. The predicted octanol–water partition coefficient (Wildman–Crippen LogP) is 4.55. The lowest BCUT2D eigenvalue weighted by molar-refractivity contribution is -0.384. The molecule has 92 valence electrons. The maximum atomic E-state index is 10.5. The number of hydrogen-bond acceptors (Lipinski definition) is 4. The molecule has 3 nitrogen and oxygen atoms in total. The van der Waals surface area contributed by atoms with Crippen molar-refractivity contribution in [2.24, 2.45) is 0 Å². The van der Waals surface area contributed by atoms with Gasteiger partial charge >= 0.3 is 0 Å². The molecule has 5 heteroatoms. The molecular weight excluding hydrogens is 266 g/mol. The third-order valence-electron chi connectivity index (χ3n) is 2.35. The molecule has 0 amide bonds. The summed E-state index contributed by atoms with van der Waals surface area (Å²) < 4.78 is 1.28. The van der Waals surface area contributed by atoms with Gasteiger partial charge in [-0.05, 0) is 42.2 Å². The lowest BCUT2D eigenvalue weighted by Gasteiger charge is -1.93. The average Bonchev–Trinajstić information content (AvgIpc) is 2.85. The summed E-state index contributed by atoms with van der Waals surface area (Å²) in [6.45, 7) is 0. The van der Waals surface area contributed by atoms with Crippen LogP contribution < -0.4 is 0 Å². The van der Waals surface area contributed by atoms with Gasteiger partial charge in [0.05, 0.1) is 9.13 Å². The number of benzene rings is 1. The monoisotopic (exact) mass is 277 g/mol. The van der Waals surface area contributed by atoms with Crippen molar-refractivity contribution in [3.63, 3.8) is 0 Å². The van der Waals surface area contributed by atoms with Gasteiger partial charge in [-0.25, -0.2) is 0 Å². The van der Waals surface area contributed by atoms with E-state index in [2.05, 4.69) is 18.4 Å². The summed E-state index contributed by atoms with van der Waals surface area (Å²) in [6, 6.07) is 10.7. The minimum Gasteiger partial charge on any atom is -0.258 e. The van der Waals surface area contributed by atoms with Gasteiger partial charge < -0.3 is 0 Å². The molecule has 0 saturated carbocycles. The molecular formula is C13H11NO2S2. The van der Waals surface area contributed by atoms with Crippen molar-refractivity contribution in [2.75, 3.05) is 6.26 Å². The lowest BCUT2D eigenvalue weighted by atomic mass is 10.2. The second kappa shape index (κ2) is 5.84. The molecule has 0 atom stereocenters. The molecule has 1 heterocycles. The van der Waals surface area contributed by atoms with Crippen molar-refractivity contribution in [1.82, 2.24) is 0 Å². The molecule has 0 radical (unpaired) electrons. The average molecular weight is 277 g/mol. The van der Waals surface area contributed by atoms with Crippen LogP contribution in [0.5, 0.6) is 0 Å². The van der Waals surface area contributed by atoms with Gasteiger partial charge in [0, 0.05) is 17.0 Å². The lowest BCUT2D eigenvalue weighted by Crippen LogP contribution is -1.86. The molecule has 0 N–H and O–H groups in total. The third kappa shape index (κ3) is 3.21. The van der Waals surface area contributed by atoms with E-state index in [1.165, 1.54) is 21.2 Å². The first-order valence-corrected chi connectivity index (χ1v) is 7.29. The van der Waals surface area contributed by atoms with Gasteiger partial charge in [-0.3, -0.25) is 10.1 Å². The first kappa shape index (κ1) is 12.9. The van der Waals surface area contributed by atoms with Crippen LogP contribution in [0.15, 0.2) is 40.6 Å². The molecule has 18 heavy (non-hydrogen) atoms. The molecule has 0 aliphatic heterocycles. The Kier molecular flexibility index (Phi) is 4.17. The van der Waals surface area contributed by atoms with Crippen molar-refractivity contribution in [3.8, 4) is 0 Å². The van der Waals surface area contributed by atoms with Gasteiger partial charge in [0.1, 0.15) is 0 Å². The number of hydrogen-bond donors (Lipinski definition) is 0. The Hall–Kier alpha value is -1.59. The van der Waals surface area contributed by atoms with Crippen LogP contribution >= 0.6 is 23.1 Å². The van der Waals surface area contributed by atoms with E-state index in [0.29, 0.717) is 0 Å². The minimum absolute atomic E-state index is 0.118. The Bertz CT molecular complexity index is 573. The summed E-state index contributed by atoms with van der Waals surface area (Å²) in [5.74, 6) is 0. The third-order valence-corrected chi connectivity index (χ3v) is 4.48. The van der Waals surface area contributed by atoms with Crippen molar-refractivity contribution in [3.05, 3.63) is 57.0 Å². The standard InChI is InChI=1S/C13H11NO2S2/c1-17-13-9-8-12(18-13)7-4-10-2-5-11(6-3-10)14(15)16/h2-9H,1H3/b7-4+. The molecule has 0 spiro atoms. The first-order valence-electron chi connectivity index (χ1n) is 5.25.